The highest BCUT2D eigenvalue weighted by Crippen LogP contribution is 2.32. The van der Waals surface area contributed by atoms with Crippen LogP contribution in [0.2, 0.25) is 0 Å². The molecule has 0 aliphatic heterocycles. The molecule has 0 aliphatic rings. The average Bonchev–Trinajstić information content (AvgIpc) is 3.02. The van der Waals surface area contributed by atoms with Gasteiger partial charge in [-0.05, 0) is 42.5 Å². The summed E-state index contributed by atoms with van der Waals surface area (Å²) in [7, 11) is 0. The second kappa shape index (κ2) is 7.52. The number of carbonyl (C=O) groups is 1. The van der Waals surface area contributed by atoms with E-state index < -0.39 is 0 Å². The molecule has 0 bridgehead atoms. The fourth-order valence-electron chi connectivity index (χ4n) is 3.25. The van der Waals surface area contributed by atoms with Crippen LogP contribution in [-0.2, 0) is 4.79 Å². The lowest BCUT2D eigenvalue weighted by Crippen LogP contribution is -2.05. The van der Waals surface area contributed by atoms with Crippen molar-refractivity contribution >= 4 is 39.6 Å². The van der Waals surface area contributed by atoms with Gasteiger partial charge in [-0.15, -0.1) is 0 Å². The molecular formula is C23H20N4O2. The molecule has 0 aliphatic carbocycles. The van der Waals surface area contributed by atoms with Gasteiger partial charge in [0.05, 0.1) is 17.0 Å². The largest absolute Gasteiger partial charge is 0.494 e. The molecule has 6 nitrogen and oxygen atoms in total. The van der Waals surface area contributed by atoms with E-state index in [0.29, 0.717) is 28.3 Å². The number of carbonyl (C=O) groups excluding carboxylic acids is 1. The molecule has 0 atom stereocenters. The number of nitrogens with zero attached hydrogens (tertiary/aromatic N) is 1. The van der Waals surface area contributed by atoms with Crippen molar-refractivity contribution in [3.8, 4) is 5.88 Å². The number of aromatic amines is 1. The van der Waals surface area contributed by atoms with Crippen LogP contribution in [0.15, 0.2) is 77.8 Å². The lowest BCUT2D eigenvalue weighted by molar-refractivity contribution is -0.114. The van der Waals surface area contributed by atoms with Crippen molar-refractivity contribution in [1.29, 1.82) is 0 Å². The normalized spacial score (nSPS) is 11.6. The summed E-state index contributed by atoms with van der Waals surface area (Å²) in [4.78, 5) is 19.0. The monoisotopic (exact) mass is 384 g/mol. The third kappa shape index (κ3) is 3.82. The molecule has 6 heteroatoms. The van der Waals surface area contributed by atoms with E-state index in [1.165, 1.54) is 6.92 Å². The van der Waals surface area contributed by atoms with E-state index in [0.717, 1.165) is 16.5 Å². The third-order valence-corrected chi connectivity index (χ3v) is 4.52. The van der Waals surface area contributed by atoms with Gasteiger partial charge < -0.3 is 21.1 Å². The van der Waals surface area contributed by atoms with Gasteiger partial charge in [-0.25, -0.2) is 4.99 Å². The molecule has 0 fully saturated rings. The van der Waals surface area contributed by atoms with Gasteiger partial charge in [-0.3, -0.25) is 4.79 Å². The number of nitrogens with one attached hydrogen (secondary N) is 2. The quantitative estimate of drug-likeness (QED) is 0.306. The third-order valence-electron chi connectivity index (χ3n) is 4.52. The molecule has 1 amide bonds. The molecule has 0 radical (unpaired) electrons. The van der Waals surface area contributed by atoms with Crippen molar-refractivity contribution < 1.29 is 9.90 Å². The zero-order valence-corrected chi connectivity index (χ0v) is 15.8. The molecule has 0 unspecified atom stereocenters. The van der Waals surface area contributed by atoms with E-state index in [4.69, 9.17) is 10.7 Å². The number of hydrogen-bond acceptors (Lipinski definition) is 4. The zero-order chi connectivity index (χ0) is 20.4. The smallest absolute Gasteiger partial charge is 0.221 e. The Balaban J connectivity index is 1.88. The number of nitrogens with two attached hydrogens (primary N) is 1. The molecule has 1 aromatic heterocycles. The van der Waals surface area contributed by atoms with Gasteiger partial charge in [-0.2, -0.15) is 0 Å². The highest BCUT2D eigenvalue weighted by atomic mass is 16.3. The Morgan fingerprint density at radius 2 is 1.76 bits per heavy atom. The van der Waals surface area contributed by atoms with Gasteiger partial charge in [0.15, 0.2) is 5.88 Å². The molecule has 5 N–H and O–H groups in total. The molecule has 4 rings (SSSR count). The Bertz CT molecular complexity index is 1210. The average molecular weight is 384 g/mol. The fourth-order valence-corrected chi connectivity index (χ4v) is 3.25. The molecule has 3 aromatic carbocycles. The number of anilines is 2. The van der Waals surface area contributed by atoms with Crippen LogP contribution in [0.1, 0.15) is 18.1 Å². The first-order valence-corrected chi connectivity index (χ1v) is 9.13. The number of aromatic nitrogens is 1. The minimum Gasteiger partial charge on any atom is -0.494 e. The van der Waals surface area contributed by atoms with Gasteiger partial charge in [-0.1, -0.05) is 30.3 Å². The lowest BCUT2D eigenvalue weighted by atomic mass is 10.0. The van der Waals surface area contributed by atoms with Gasteiger partial charge >= 0.3 is 0 Å². The molecule has 0 spiro atoms. The fraction of sp³-hybridized carbons (Fsp3) is 0.0435. The maximum absolute atomic E-state index is 11.2. The van der Waals surface area contributed by atoms with Crippen LogP contribution in [0.25, 0.3) is 10.9 Å². The second-order valence-electron chi connectivity index (χ2n) is 6.71. The first-order valence-electron chi connectivity index (χ1n) is 9.13. The predicted octanol–water partition coefficient (Wildman–Crippen LogP) is 4.58. The van der Waals surface area contributed by atoms with Crippen molar-refractivity contribution in [1.82, 2.24) is 4.98 Å². The Kier molecular flexibility index (Phi) is 4.75. The highest BCUT2D eigenvalue weighted by molar-refractivity contribution is 6.22. The summed E-state index contributed by atoms with van der Waals surface area (Å²) in [6.07, 6.45) is 0. The van der Waals surface area contributed by atoms with Crippen LogP contribution in [0, 0.1) is 0 Å². The van der Waals surface area contributed by atoms with Crippen LogP contribution < -0.4 is 11.1 Å². The number of nitrogen functional groups attached to an aromatic ring is 1. The Morgan fingerprint density at radius 3 is 2.45 bits per heavy atom. The SMILES string of the molecule is CC(=O)Nc1ccc(N=C(c2ccccc2)c2c(O)[nH]c3ccc(N)cc23)cc1. The van der Waals surface area contributed by atoms with Crippen molar-refractivity contribution in [2.75, 3.05) is 11.1 Å². The zero-order valence-electron chi connectivity index (χ0n) is 15.8. The molecule has 1 heterocycles. The molecule has 0 saturated heterocycles. The first-order chi connectivity index (χ1) is 14.0. The number of fused-ring (bicyclic) bond motifs is 1. The van der Waals surface area contributed by atoms with E-state index in [9.17, 15) is 9.90 Å². The van der Waals surface area contributed by atoms with Crippen molar-refractivity contribution in [3.05, 3.63) is 83.9 Å². The van der Waals surface area contributed by atoms with Gasteiger partial charge in [0.25, 0.3) is 0 Å². The number of amides is 1. The van der Waals surface area contributed by atoms with Crippen LogP contribution >= 0.6 is 0 Å². The number of benzene rings is 3. The Hall–Kier alpha value is -4.06. The van der Waals surface area contributed by atoms with Crippen LogP contribution in [0.5, 0.6) is 5.88 Å². The van der Waals surface area contributed by atoms with Crippen LogP contribution in [-0.4, -0.2) is 21.7 Å². The number of H-pyrrole nitrogens is 1. The molecule has 4 aromatic rings. The van der Waals surface area contributed by atoms with Crippen LogP contribution in [0.4, 0.5) is 17.1 Å². The van der Waals surface area contributed by atoms with Crippen molar-refractivity contribution in [2.24, 2.45) is 4.99 Å². The maximum Gasteiger partial charge on any atom is 0.221 e. The number of aliphatic imine (C=N–C) groups is 1. The van der Waals surface area contributed by atoms with Crippen molar-refractivity contribution in [2.45, 2.75) is 6.92 Å². The summed E-state index contributed by atoms with van der Waals surface area (Å²) in [5.41, 5.74) is 10.8. The minimum atomic E-state index is -0.132. The van der Waals surface area contributed by atoms with Gasteiger partial charge in [0.1, 0.15) is 0 Å². The molecular weight excluding hydrogens is 364 g/mol. The molecule has 29 heavy (non-hydrogen) atoms. The Labute approximate surface area is 167 Å². The van der Waals surface area contributed by atoms with Gasteiger partial charge in [0, 0.05) is 34.8 Å². The van der Waals surface area contributed by atoms with Gasteiger partial charge in [0.2, 0.25) is 5.91 Å². The summed E-state index contributed by atoms with van der Waals surface area (Å²) in [6, 6.07) is 22.3. The van der Waals surface area contributed by atoms with E-state index in [1.54, 1.807) is 18.2 Å². The van der Waals surface area contributed by atoms with E-state index in [-0.39, 0.29) is 11.8 Å². The number of hydrogen-bond donors (Lipinski definition) is 4. The summed E-state index contributed by atoms with van der Waals surface area (Å²) in [6.45, 7) is 1.46. The standard InChI is InChI=1S/C23H20N4O2/c1-14(28)25-17-8-10-18(11-9-17)26-22(15-5-3-2-4-6-15)21-19-13-16(24)7-12-20(19)27-23(21)29/h2-13,27,29H,24H2,1H3,(H,25,28). The lowest BCUT2D eigenvalue weighted by Gasteiger charge is -2.08. The van der Waals surface area contributed by atoms with E-state index >= 15 is 0 Å². The van der Waals surface area contributed by atoms with Crippen molar-refractivity contribution in [3.63, 3.8) is 0 Å². The summed E-state index contributed by atoms with van der Waals surface area (Å²) in [5.74, 6) is -0.101. The highest BCUT2D eigenvalue weighted by Gasteiger charge is 2.18. The second-order valence-corrected chi connectivity index (χ2v) is 6.71. The maximum atomic E-state index is 11.2. The summed E-state index contributed by atoms with van der Waals surface area (Å²) in [5, 5.41) is 14.2. The minimum absolute atomic E-state index is 0.0306. The molecule has 144 valence electrons. The summed E-state index contributed by atoms with van der Waals surface area (Å²) < 4.78 is 0. The van der Waals surface area contributed by atoms with E-state index in [2.05, 4.69) is 10.3 Å². The molecule has 0 saturated carbocycles. The number of rotatable bonds is 4. The summed E-state index contributed by atoms with van der Waals surface area (Å²) >= 11 is 0. The topological polar surface area (TPSA) is 103 Å². The van der Waals surface area contributed by atoms with E-state index in [1.807, 2.05) is 54.6 Å². The first kappa shape index (κ1) is 18.3. The number of aromatic hydroxyl groups is 1. The Morgan fingerprint density at radius 1 is 1.03 bits per heavy atom. The van der Waals surface area contributed by atoms with Crippen LogP contribution in [0.3, 0.4) is 0 Å². The predicted molar refractivity (Wildman–Crippen MR) is 117 cm³/mol.